The van der Waals surface area contributed by atoms with Gasteiger partial charge in [0, 0.05) is 11.8 Å². The molecular formula is C7H3ClN4O3S2. The number of rotatable bonds is 3. The van der Waals surface area contributed by atoms with Crippen LogP contribution in [0, 0.1) is 15.3 Å². The van der Waals surface area contributed by atoms with Gasteiger partial charge in [0.25, 0.3) is 5.03 Å². The predicted molar refractivity (Wildman–Crippen MR) is 61.1 cm³/mol. The van der Waals surface area contributed by atoms with E-state index in [2.05, 4.69) is 9.97 Å². The number of nitro groups is 1. The minimum atomic E-state index is -0.538. The van der Waals surface area contributed by atoms with E-state index < -0.39 is 4.92 Å². The Labute approximate surface area is 108 Å². The van der Waals surface area contributed by atoms with Gasteiger partial charge in [-0.25, -0.2) is 9.97 Å². The molecule has 10 heteroatoms. The van der Waals surface area contributed by atoms with E-state index in [1.54, 1.807) is 0 Å². The van der Waals surface area contributed by atoms with Crippen LogP contribution in [-0.2, 0) is 0 Å². The maximum atomic E-state index is 11.5. The molecule has 2 aromatic rings. The predicted octanol–water partition coefficient (Wildman–Crippen LogP) is 1.88. The fourth-order valence-corrected chi connectivity index (χ4v) is 2.83. The third-order valence-corrected chi connectivity index (χ3v) is 3.86. The number of nitrogens with zero attached hydrogens (tertiary/aromatic N) is 4. The molecule has 0 N–H and O–H groups in total. The molecule has 88 valence electrons. The van der Waals surface area contributed by atoms with Gasteiger partial charge >= 0.3 is 10.2 Å². The zero-order valence-electron chi connectivity index (χ0n) is 7.94. The summed E-state index contributed by atoms with van der Waals surface area (Å²) in [5, 5.41) is 22.0. The zero-order valence-corrected chi connectivity index (χ0v) is 10.3. The number of hydrogen-bond donors (Lipinski definition) is 0. The van der Waals surface area contributed by atoms with Gasteiger partial charge in [0.15, 0.2) is 4.34 Å². The van der Waals surface area contributed by atoms with Crippen LogP contribution in [0.1, 0.15) is 0 Å². The lowest BCUT2D eigenvalue weighted by molar-refractivity contribution is -0.643. The molecule has 7 nitrogen and oxygen atoms in total. The van der Waals surface area contributed by atoms with Crippen molar-refractivity contribution in [3.8, 4) is 0 Å². The highest BCUT2D eigenvalue weighted by atomic mass is 35.5. The molecule has 2 aromatic heterocycles. The first-order valence-corrected chi connectivity index (χ1v) is 6.10. The van der Waals surface area contributed by atoms with E-state index in [0.717, 1.165) is 29.3 Å². The highest BCUT2D eigenvalue weighted by Crippen LogP contribution is 2.32. The minimum absolute atomic E-state index is 0.0685. The van der Waals surface area contributed by atoms with E-state index in [9.17, 15) is 15.3 Å². The van der Waals surface area contributed by atoms with Crippen LogP contribution in [0.2, 0.25) is 5.15 Å². The minimum Gasteiger partial charge on any atom is -0.617 e. The van der Waals surface area contributed by atoms with E-state index >= 15 is 0 Å². The normalized spacial score (nSPS) is 10.4. The van der Waals surface area contributed by atoms with Crippen LogP contribution in [-0.4, -0.2) is 14.9 Å². The molecule has 0 aliphatic rings. The molecule has 0 bridgehead atoms. The molecule has 0 fully saturated rings. The van der Waals surface area contributed by atoms with Gasteiger partial charge in [-0.15, -0.1) is 4.73 Å². The van der Waals surface area contributed by atoms with Crippen molar-refractivity contribution < 1.29 is 9.65 Å². The monoisotopic (exact) mass is 290 g/mol. The lowest BCUT2D eigenvalue weighted by Crippen LogP contribution is -2.30. The standard InChI is InChI=1S/C7H3ClN4O3S2/c8-4-1-9-2-5(11(4)13)16-7-10-3-6(17-7)12(14)15/h1-3H. The summed E-state index contributed by atoms with van der Waals surface area (Å²) in [6.07, 6.45) is 3.67. The van der Waals surface area contributed by atoms with Crippen molar-refractivity contribution in [1.29, 1.82) is 0 Å². The van der Waals surface area contributed by atoms with Gasteiger partial charge in [0.05, 0.1) is 4.92 Å². The van der Waals surface area contributed by atoms with Gasteiger partial charge in [0.2, 0.25) is 0 Å². The Balaban J connectivity index is 2.25. The molecule has 0 unspecified atom stereocenters. The Bertz CT molecular complexity index is 576. The molecule has 2 heterocycles. The largest absolute Gasteiger partial charge is 0.617 e. The van der Waals surface area contributed by atoms with Crippen molar-refractivity contribution in [2.75, 3.05) is 0 Å². The van der Waals surface area contributed by atoms with Gasteiger partial charge in [-0.05, 0) is 22.9 Å². The van der Waals surface area contributed by atoms with Crippen molar-refractivity contribution in [2.45, 2.75) is 9.37 Å². The number of hydrogen-bond acceptors (Lipinski definition) is 7. The third-order valence-electron chi connectivity index (χ3n) is 1.60. The van der Waals surface area contributed by atoms with Crippen LogP contribution in [0.15, 0.2) is 28.0 Å². The van der Waals surface area contributed by atoms with Crippen LogP contribution in [0.5, 0.6) is 0 Å². The van der Waals surface area contributed by atoms with Crippen LogP contribution in [0.25, 0.3) is 0 Å². The van der Waals surface area contributed by atoms with Gasteiger partial charge in [-0.3, -0.25) is 10.1 Å². The summed E-state index contributed by atoms with van der Waals surface area (Å²) in [5.41, 5.74) is 0. The van der Waals surface area contributed by atoms with Gasteiger partial charge in [0.1, 0.15) is 18.6 Å². The highest BCUT2D eigenvalue weighted by Gasteiger charge is 2.17. The SMILES string of the molecule is O=[N+]([O-])c1cnc(Sc2cncc(Cl)[n+]2[O-])s1. The molecule has 0 atom stereocenters. The van der Waals surface area contributed by atoms with E-state index in [0.29, 0.717) is 9.07 Å². The molecular weight excluding hydrogens is 288 g/mol. The molecule has 0 aromatic carbocycles. The molecule has 2 rings (SSSR count). The average Bonchev–Trinajstić information content (AvgIpc) is 2.73. The van der Waals surface area contributed by atoms with Crippen LogP contribution >= 0.6 is 34.7 Å². The summed E-state index contributed by atoms with van der Waals surface area (Å²) in [6, 6.07) is 0. The van der Waals surface area contributed by atoms with Crippen molar-refractivity contribution in [2.24, 2.45) is 0 Å². The third kappa shape index (κ3) is 2.62. The molecule has 0 aliphatic heterocycles. The first-order valence-electron chi connectivity index (χ1n) is 4.09. The Hall–Kier alpha value is -1.45. The van der Waals surface area contributed by atoms with Gasteiger partial charge in [-0.2, -0.15) is 0 Å². The second kappa shape index (κ2) is 4.82. The second-order valence-corrected chi connectivity index (χ2v) is 5.35. The van der Waals surface area contributed by atoms with Gasteiger partial charge < -0.3 is 5.21 Å². The highest BCUT2D eigenvalue weighted by molar-refractivity contribution is 8.00. The lowest BCUT2D eigenvalue weighted by atomic mass is 10.8. The van der Waals surface area contributed by atoms with Gasteiger partial charge in [-0.1, -0.05) is 0 Å². The van der Waals surface area contributed by atoms with E-state index in [1.165, 1.54) is 12.4 Å². The molecule has 0 aliphatic carbocycles. The summed E-state index contributed by atoms with van der Waals surface area (Å²) >= 11 is 7.44. The van der Waals surface area contributed by atoms with Crippen molar-refractivity contribution in [1.82, 2.24) is 9.97 Å². The molecule has 0 amide bonds. The average molecular weight is 291 g/mol. The Morgan fingerprint density at radius 2 is 2.24 bits per heavy atom. The maximum absolute atomic E-state index is 11.5. The molecule has 0 saturated carbocycles. The number of thiazole rings is 1. The fourth-order valence-electron chi connectivity index (χ4n) is 0.912. The summed E-state index contributed by atoms with van der Waals surface area (Å²) in [6.45, 7) is 0. The Morgan fingerprint density at radius 3 is 2.88 bits per heavy atom. The summed E-state index contributed by atoms with van der Waals surface area (Å²) in [5.74, 6) is 0. The second-order valence-electron chi connectivity index (χ2n) is 2.69. The quantitative estimate of drug-likeness (QED) is 0.371. The van der Waals surface area contributed by atoms with Crippen molar-refractivity contribution in [3.63, 3.8) is 0 Å². The van der Waals surface area contributed by atoms with Crippen molar-refractivity contribution in [3.05, 3.63) is 39.1 Å². The van der Waals surface area contributed by atoms with Crippen LogP contribution < -0.4 is 4.73 Å². The molecule has 17 heavy (non-hydrogen) atoms. The maximum Gasteiger partial charge on any atom is 0.344 e. The van der Waals surface area contributed by atoms with Crippen LogP contribution in [0.4, 0.5) is 5.00 Å². The number of halogens is 1. The summed E-state index contributed by atoms with van der Waals surface area (Å²) < 4.78 is 0.859. The Morgan fingerprint density at radius 1 is 1.47 bits per heavy atom. The lowest BCUT2D eigenvalue weighted by Gasteiger charge is -2.01. The first-order chi connectivity index (χ1) is 8.08. The molecule has 0 radical (unpaired) electrons. The first kappa shape index (κ1) is 12.0. The zero-order chi connectivity index (χ0) is 12.4. The van der Waals surface area contributed by atoms with Crippen molar-refractivity contribution >= 4 is 39.7 Å². The molecule has 0 saturated heterocycles. The smallest absolute Gasteiger partial charge is 0.344 e. The summed E-state index contributed by atoms with van der Waals surface area (Å²) in [4.78, 5) is 17.5. The van der Waals surface area contributed by atoms with E-state index in [-0.39, 0.29) is 15.2 Å². The molecule has 0 spiro atoms. The Kier molecular flexibility index (Phi) is 3.41. The van der Waals surface area contributed by atoms with Crippen LogP contribution in [0.3, 0.4) is 0 Å². The fraction of sp³-hybridized carbons (Fsp3) is 0. The summed E-state index contributed by atoms with van der Waals surface area (Å²) in [7, 11) is 0. The topological polar surface area (TPSA) is 95.9 Å². The van der Waals surface area contributed by atoms with E-state index in [1.807, 2.05) is 0 Å². The number of aromatic nitrogens is 3. The van der Waals surface area contributed by atoms with E-state index in [4.69, 9.17) is 11.6 Å².